The summed E-state index contributed by atoms with van der Waals surface area (Å²) in [6.07, 6.45) is 1.09. The number of methoxy groups -OCH3 is 1. The first kappa shape index (κ1) is 14.6. The highest BCUT2D eigenvalue weighted by atomic mass is 16.5. The predicted octanol–water partition coefficient (Wildman–Crippen LogP) is 4.11. The standard InChI is InChI=1S/C18H23NO/c1-4-15-5-9-17(10-6-15)14(2)19-13-16-7-11-18(20-3)12-8-16/h5-12,14,19H,4,13H2,1-3H3. The molecule has 0 saturated carbocycles. The van der Waals surface area contributed by atoms with Crippen LogP contribution in [0.1, 0.15) is 36.6 Å². The molecule has 0 bridgehead atoms. The third kappa shape index (κ3) is 3.84. The number of benzene rings is 2. The molecule has 0 spiro atoms. The lowest BCUT2D eigenvalue weighted by atomic mass is 10.0. The smallest absolute Gasteiger partial charge is 0.118 e. The van der Waals surface area contributed by atoms with Crippen LogP contribution in [0.3, 0.4) is 0 Å². The van der Waals surface area contributed by atoms with Crippen molar-refractivity contribution in [3.8, 4) is 5.75 Å². The van der Waals surface area contributed by atoms with Gasteiger partial charge in [0.15, 0.2) is 0 Å². The highest BCUT2D eigenvalue weighted by molar-refractivity contribution is 5.28. The van der Waals surface area contributed by atoms with Crippen molar-refractivity contribution in [1.82, 2.24) is 5.32 Å². The summed E-state index contributed by atoms with van der Waals surface area (Å²) < 4.78 is 5.17. The van der Waals surface area contributed by atoms with E-state index >= 15 is 0 Å². The third-order valence-corrected chi connectivity index (χ3v) is 3.66. The molecule has 0 radical (unpaired) electrons. The molecule has 0 aliphatic heterocycles. The van der Waals surface area contributed by atoms with Crippen molar-refractivity contribution < 1.29 is 4.74 Å². The highest BCUT2D eigenvalue weighted by Crippen LogP contribution is 2.16. The summed E-state index contributed by atoms with van der Waals surface area (Å²) in [7, 11) is 1.69. The number of hydrogen-bond acceptors (Lipinski definition) is 2. The normalized spacial score (nSPS) is 12.2. The molecule has 2 aromatic carbocycles. The molecule has 0 fully saturated rings. The maximum Gasteiger partial charge on any atom is 0.118 e. The monoisotopic (exact) mass is 269 g/mol. The Hall–Kier alpha value is -1.80. The van der Waals surface area contributed by atoms with Crippen molar-refractivity contribution >= 4 is 0 Å². The average molecular weight is 269 g/mol. The van der Waals surface area contributed by atoms with Crippen molar-refractivity contribution in [2.24, 2.45) is 0 Å². The number of nitrogens with one attached hydrogen (secondary N) is 1. The van der Waals surface area contributed by atoms with Crippen LogP contribution in [-0.4, -0.2) is 7.11 Å². The summed E-state index contributed by atoms with van der Waals surface area (Å²) in [6.45, 7) is 5.24. The van der Waals surface area contributed by atoms with Crippen LogP contribution in [0.25, 0.3) is 0 Å². The first-order chi connectivity index (χ1) is 9.72. The molecule has 0 heterocycles. The summed E-state index contributed by atoms with van der Waals surface area (Å²) in [6, 6.07) is 17.4. The van der Waals surface area contributed by atoms with Crippen LogP contribution in [0.15, 0.2) is 48.5 Å². The SMILES string of the molecule is CCc1ccc(C(C)NCc2ccc(OC)cc2)cc1. The van der Waals surface area contributed by atoms with Gasteiger partial charge in [-0.2, -0.15) is 0 Å². The van der Waals surface area contributed by atoms with E-state index < -0.39 is 0 Å². The van der Waals surface area contributed by atoms with Gasteiger partial charge >= 0.3 is 0 Å². The van der Waals surface area contributed by atoms with Gasteiger partial charge in [-0.25, -0.2) is 0 Å². The summed E-state index contributed by atoms with van der Waals surface area (Å²) >= 11 is 0. The Labute approximate surface area is 121 Å². The van der Waals surface area contributed by atoms with E-state index in [4.69, 9.17) is 4.74 Å². The fourth-order valence-corrected chi connectivity index (χ4v) is 2.17. The largest absolute Gasteiger partial charge is 0.497 e. The molecule has 106 valence electrons. The Morgan fingerprint density at radius 2 is 1.55 bits per heavy atom. The van der Waals surface area contributed by atoms with Crippen LogP contribution in [0, 0.1) is 0 Å². The van der Waals surface area contributed by atoms with Crippen LogP contribution < -0.4 is 10.1 Å². The van der Waals surface area contributed by atoms with Gasteiger partial charge in [-0.3, -0.25) is 0 Å². The Bertz CT molecular complexity index is 516. The summed E-state index contributed by atoms with van der Waals surface area (Å²) in [5.74, 6) is 0.900. The minimum Gasteiger partial charge on any atom is -0.497 e. The van der Waals surface area contributed by atoms with E-state index in [0.29, 0.717) is 6.04 Å². The maximum atomic E-state index is 5.17. The first-order valence-electron chi connectivity index (χ1n) is 7.18. The molecular formula is C18H23NO. The molecule has 1 atom stereocenters. The summed E-state index contributed by atoms with van der Waals surface area (Å²) in [5.41, 5.74) is 3.98. The molecule has 1 unspecified atom stereocenters. The Morgan fingerprint density at radius 3 is 2.10 bits per heavy atom. The molecule has 2 nitrogen and oxygen atoms in total. The van der Waals surface area contributed by atoms with E-state index in [9.17, 15) is 0 Å². The topological polar surface area (TPSA) is 21.3 Å². The van der Waals surface area contributed by atoms with E-state index in [1.165, 1.54) is 16.7 Å². The van der Waals surface area contributed by atoms with Gasteiger partial charge in [-0.15, -0.1) is 0 Å². The van der Waals surface area contributed by atoms with E-state index in [0.717, 1.165) is 18.7 Å². The molecule has 2 rings (SSSR count). The molecule has 20 heavy (non-hydrogen) atoms. The molecule has 0 saturated heterocycles. The zero-order chi connectivity index (χ0) is 14.4. The Kier molecular flexibility index (Phi) is 5.19. The van der Waals surface area contributed by atoms with Gasteiger partial charge in [-0.05, 0) is 42.2 Å². The molecule has 0 aliphatic carbocycles. The molecule has 2 heteroatoms. The second-order valence-electron chi connectivity index (χ2n) is 5.05. The van der Waals surface area contributed by atoms with Crippen LogP contribution in [0.2, 0.25) is 0 Å². The molecule has 0 aromatic heterocycles. The lowest BCUT2D eigenvalue weighted by Crippen LogP contribution is -2.18. The minimum atomic E-state index is 0.350. The predicted molar refractivity (Wildman–Crippen MR) is 84.1 cm³/mol. The second kappa shape index (κ2) is 7.11. The van der Waals surface area contributed by atoms with Gasteiger partial charge in [0, 0.05) is 12.6 Å². The maximum absolute atomic E-state index is 5.17. The zero-order valence-electron chi connectivity index (χ0n) is 12.5. The lowest BCUT2D eigenvalue weighted by molar-refractivity contribution is 0.414. The number of aryl methyl sites for hydroxylation is 1. The van der Waals surface area contributed by atoms with Gasteiger partial charge in [0.05, 0.1) is 7.11 Å². The van der Waals surface area contributed by atoms with Gasteiger partial charge in [0.25, 0.3) is 0 Å². The van der Waals surface area contributed by atoms with Crippen molar-refractivity contribution in [3.05, 3.63) is 65.2 Å². The number of rotatable bonds is 6. The second-order valence-corrected chi connectivity index (χ2v) is 5.05. The quantitative estimate of drug-likeness (QED) is 0.852. The minimum absolute atomic E-state index is 0.350. The van der Waals surface area contributed by atoms with Gasteiger partial charge in [0.2, 0.25) is 0 Å². The summed E-state index contributed by atoms with van der Waals surface area (Å²) in [4.78, 5) is 0. The fourth-order valence-electron chi connectivity index (χ4n) is 2.17. The Morgan fingerprint density at radius 1 is 0.950 bits per heavy atom. The lowest BCUT2D eigenvalue weighted by Gasteiger charge is -2.15. The van der Waals surface area contributed by atoms with Crippen LogP contribution >= 0.6 is 0 Å². The van der Waals surface area contributed by atoms with Crippen molar-refractivity contribution in [3.63, 3.8) is 0 Å². The molecule has 2 aromatic rings. The van der Waals surface area contributed by atoms with E-state index in [1.807, 2.05) is 12.1 Å². The third-order valence-electron chi connectivity index (χ3n) is 3.66. The molecule has 0 amide bonds. The van der Waals surface area contributed by atoms with Gasteiger partial charge in [-0.1, -0.05) is 43.3 Å². The molecule has 0 aliphatic rings. The van der Waals surface area contributed by atoms with Crippen molar-refractivity contribution in [1.29, 1.82) is 0 Å². The van der Waals surface area contributed by atoms with Crippen molar-refractivity contribution in [2.75, 3.05) is 7.11 Å². The number of hydrogen-bond donors (Lipinski definition) is 1. The fraction of sp³-hybridized carbons (Fsp3) is 0.333. The summed E-state index contributed by atoms with van der Waals surface area (Å²) in [5, 5.41) is 3.55. The first-order valence-corrected chi connectivity index (χ1v) is 7.18. The van der Waals surface area contributed by atoms with Crippen LogP contribution in [-0.2, 0) is 13.0 Å². The molecule has 1 N–H and O–H groups in total. The average Bonchev–Trinajstić information content (AvgIpc) is 2.53. The van der Waals surface area contributed by atoms with Crippen LogP contribution in [0.4, 0.5) is 0 Å². The van der Waals surface area contributed by atoms with Gasteiger partial charge < -0.3 is 10.1 Å². The Balaban J connectivity index is 1.91. The van der Waals surface area contributed by atoms with E-state index in [1.54, 1.807) is 7.11 Å². The highest BCUT2D eigenvalue weighted by Gasteiger charge is 2.04. The van der Waals surface area contributed by atoms with Gasteiger partial charge in [0.1, 0.15) is 5.75 Å². The van der Waals surface area contributed by atoms with E-state index in [2.05, 4.69) is 55.6 Å². The van der Waals surface area contributed by atoms with Crippen molar-refractivity contribution in [2.45, 2.75) is 32.9 Å². The number of ether oxygens (including phenoxy) is 1. The molecular weight excluding hydrogens is 246 g/mol. The van der Waals surface area contributed by atoms with Crippen LogP contribution in [0.5, 0.6) is 5.75 Å². The van der Waals surface area contributed by atoms with E-state index in [-0.39, 0.29) is 0 Å². The zero-order valence-corrected chi connectivity index (χ0v) is 12.5.